The molecule has 0 atom stereocenters. The van der Waals surface area contributed by atoms with Crippen molar-refractivity contribution in [3.05, 3.63) is 41.3 Å². The van der Waals surface area contributed by atoms with E-state index in [0.29, 0.717) is 17.0 Å². The van der Waals surface area contributed by atoms with Crippen LogP contribution < -0.4 is 0 Å². The summed E-state index contributed by atoms with van der Waals surface area (Å²) in [7, 11) is -3.65. The third-order valence-corrected chi connectivity index (χ3v) is 3.36. The van der Waals surface area contributed by atoms with Crippen molar-refractivity contribution in [2.45, 2.75) is 11.8 Å². The first kappa shape index (κ1) is 11.5. The summed E-state index contributed by atoms with van der Waals surface area (Å²) in [5.41, 5.74) is 0.590. The van der Waals surface area contributed by atoms with Gasteiger partial charge in [0.15, 0.2) is 9.84 Å². The SMILES string of the molecule is Cc1ccccc1S(=O)(=O)/C=C/C(=O)O. The number of carboxylic acid groups (broad SMARTS) is 1. The molecule has 1 rings (SSSR count). The number of aryl methyl sites for hydroxylation is 1. The van der Waals surface area contributed by atoms with Crippen molar-refractivity contribution in [1.29, 1.82) is 0 Å². The number of aliphatic carboxylic acids is 1. The molecule has 0 aliphatic rings. The van der Waals surface area contributed by atoms with Gasteiger partial charge < -0.3 is 5.11 Å². The van der Waals surface area contributed by atoms with Crippen LogP contribution in [0.5, 0.6) is 0 Å². The first-order valence-electron chi connectivity index (χ1n) is 4.15. The number of rotatable bonds is 3. The molecular weight excluding hydrogens is 216 g/mol. The predicted octanol–water partition coefficient (Wildman–Crippen LogP) is 1.37. The molecule has 0 saturated heterocycles. The highest BCUT2D eigenvalue weighted by Gasteiger charge is 2.12. The van der Waals surface area contributed by atoms with Crippen LogP contribution in [0.2, 0.25) is 0 Å². The Morgan fingerprint density at radius 3 is 2.47 bits per heavy atom. The number of sulfone groups is 1. The van der Waals surface area contributed by atoms with Gasteiger partial charge in [0.05, 0.1) is 4.90 Å². The van der Waals surface area contributed by atoms with Crippen molar-refractivity contribution in [2.75, 3.05) is 0 Å². The van der Waals surface area contributed by atoms with Crippen molar-refractivity contribution in [3.8, 4) is 0 Å². The third-order valence-electron chi connectivity index (χ3n) is 1.79. The zero-order valence-corrected chi connectivity index (χ0v) is 8.86. The van der Waals surface area contributed by atoms with Crippen molar-refractivity contribution in [2.24, 2.45) is 0 Å². The molecule has 0 aliphatic heterocycles. The van der Waals surface area contributed by atoms with E-state index >= 15 is 0 Å². The smallest absolute Gasteiger partial charge is 0.329 e. The number of carbonyl (C=O) groups is 1. The van der Waals surface area contributed by atoms with Crippen LogP contribution in [0, 0.1) is 6.92 Å². The third kappa shape index (κ3) is 2.92. The van der Waals surface area contributed by atoms with Crippen molar-refractivity contribution >= 4 is 15.8 Å². The van der Waals surface area contributed by atoms with E-state index in [4.69, 9.17) is 5.11 Å². The summed E-state index contributed by atoms with van der Waals surface area (Å²) in [6, 6.07) is 6.40. The fourth-order valence-electron chi connectivity index (χ4n) is 1.10. The average molecular weight is 226 g/mol. The minimum atomic E-state index is -3.65. The summed E-state index contributed by atoms with van der Waals surface area (Å²) in [5, 5.41) is 9.03. The highest BCUT2D eigenvalue weighted by atomic mass is 32.2. The Balaban J connectivity index is 3.19. The van der Waals surface area contributed by atoms with Crippen LogP contribution in [0.3, 0.4) is 0 Å². The molecular formula is C10H10O4S. The van der Waals surface area contributed by atoms with Crippen LogP contribution in [0.15, 0.2) is 40.6 Å². The van der Waals surface area contributed by atoms with Gasteiger partial charge in [0, 0.05) is 11.5 Å². The normalized spacial score (nSPS) is 11.8. The molecule has 4 nitrogen and oxygen atoms in total. The molecule has 0 saturated carbocycles. The molecule has 0 bridgehead atoms. The summed E-state index contributed by atoms with van der Waals surface area (Å²) in [6.45, 7) is 1.65. The Labute approximate surface area is 87.8 Å². The number of carboxylic acids is 1. The van der Waals surface area contributed by atoms with E-state index in [1.807, 2.05) is 0 Å². The summed E-state index contributed by atoms with van der Waals surface area (Å²) in [5.74, 6) is -1.29. The maximum atomic E-state index is 11.6. The number of benzene rings is 1. The monoisotopic (exact) mass is 226 g/mol. The molecule has 0 spiro atoms. The molecule has 0 aliphatic carbocycles. The maximum Gasteiger partial charge on any atom is 0.329 e. The highest BCUT2D eigenvalue weighted by Crippen LogP contribution is 2.16. The van der Waals surface area contributed by atoms with Crippen LogP contribution in [0.25, 0.3) is 0 Å². The summed E-state index contributed by atoms with van der Waals surface area (Å²) < 4.78 is 23.2. The first-order valence-corrected chi connectivity index (χ1v) is 5.70. The molecule has 0 amide bonds. The lowest BCUT2D eigenvalue weighted by Crippen LogP contribution is -2.00. The molecule has 0 radical (unpaired) electrons. The topological polar surface area (TPSA) is 71.4 Å². The van der Waals surface area contributed by atoms with E-state index < -0.39 is 15.8 Å². The van der Waals surface area contributed by atoms with Gasteiger partial charge in [-0.05, 0) is 18.6 Å². The van der Waals surface area contributed by atoms with Crippen LogP contribution in [0.1, 0.15) is 5.56 Å². The van der Waals surface area contributed by atoms with Gasteiger partial charge in [-0.1, -0.05) is 18.2 Å². The predicted molar refractivity (Wildman–Crippen MR) is 55.1 cm³/mol. The second-order valence-electron chi connectivity index (χ2n) is 2.95. The van der Waals surface area contributed by atoms with Gasteiger partial charge in [0.25, 0.3) is 0 Å². The summed E-state index contributed by atoms with van der Waals surface area (Å²) in [6.07, 6.45) is 0.613. The summed E-state index contributed by atoms with van der Waals surface area (Å²) in [4.78, 5) is 10.3. The van der Waals surface area contributed by atoms with Crippen molar-refractivity contribution in [1.82, 2.24) is 0 Å². The second kappa shape index (κ2) is 4.27. The largest absolute Gasteiger partial charge is 0.478 e. The summed E-state index contributed by atoms with van der Waals surface area (Å²) >= 11 is 0. The minimum absolute atomic E-state index is 0.127. The zero-order chi connectivity index (χ0) is 11.5. The van der Waals surface area contributed by atoms with Crippen LogP contribution in [-0.2, 0) is 14.6 Å². The molecule has 0 heterocycles. The Morgan fingerprint density at radius 2 is 1.93 bits per heavy atom. The van der Waals surface area contributed by atoms with Gasteiger partial charge >= 0.3 is 5.97 Å². The van der Waals surface area contributed by atoms with Crippen molar-refractivity contribution in [3.63, 3.8) is 0 Å². The van der Waals surface area contributed by atoms with Crippen LogP contribution in [-0.4, -0.2) is 19.5 Å². The fourth-order valence-corrected chi connectivity index (χ4v) is 2.32. The molecule has 1 N–H and O–H groups in total. The number of hydrogen-bond donors (Lipinski definition) is 1. The average Bonchev–Trinajstić information content (AvgIpc) is 2.15. The lowest BCUT2D eigenvalue weighted by Gasteiger charge is -2.01. The Morgan fingerprint density at radius 1 is 1.33 bits per heavy atom. The first-order chi connectivity index (χ1) is 6.93. The molecule has 15 heavy (non-hydrogen) atoms. The quantitative estimate of drug-likeness (QED) is 0.790. The minimum Gasteiger partial charge on any atom is -0.478 e. The lowest BCUT2D eigenvalue weighted by molar-refractivity contribution is -0.131. The van der Waals surface area contributed by atoms with Gasteiger partial charge in [-0.25, -0.2) is 13.2 Å². The standard InChI is InChI=1S/C10H10O4S/c1-8-4-2-3-5-9(8)15(13,14)7-6-10(11)12/h2-7H,1H3,(H,11,12)/b7-6+. The Kier molecular flexibility index (Phi) is 3.26. The molecule has 5 heteroatoms. The van der Waals surface area contributed by atoms with Gasteiger partial charge in [0.1, 0.15) is 0 Å². The molecule has 0 unspecified atom stereocenters. The molecule has 80 valence electrons. The van der Waals surface area contributed by atoms with Gasteiger partial charge in [-0.3, -0.25) is 0 Å². The van der Waals surface area contributed by atoms with E-state index in [1.165, 1.54) is 6.07 Å². The Bertz CT molecular complexity index is 500. The fraction of sp³-hybridized carbons (Fsp3) is 0.100. The van der Waals surface area contributed by atoms with Crippen molar-refractivity contribution < 1.29 is 18.3 Å². The molecule has 0 fully saturated rings. The number of hydrogen-bond acceptors (Lipinski definition) is 3. The Hall–Kier alpha value is -1.62. The van der Waals surface area contributed by atoms with E-state index in [0.717, 1.165) is 0 Å². The molecule has 1 aromatic rings. The molecule has 0 aromatic heterocycles. The van der Waals surface area contributed by atoms with E-state index in [-0.39, 0.29) is 4.90 Å². The van der Waals surface area contributed by atoms with E-state index in [9.17, 15) is 13.2 Å². The van der Waals surface area contributed by atoms with Gasteiger partial charge in [-0.15, -0.1) is 0 Å². The van der Waals surface area contributed by atoms with Gasteiger partial charge in [0.2, 0.25) is 0 Å². The van der Waals surface area contributed by atoms with E-state index in [2.05, 4.69) is 0 Å². The van der Waals surface area contributed by atoms with Crippen LogP contribution >= 0.6 is 0 Å². The zero-order valence-electron chi connectivity index (χ0n) is 8.04. The van der Waals surface area contributed by atoms with Crippen LogP contribution in [0.4, 0.5) is 0 Å². The maximum absolute atomic E-state index is 11.6. The lowest BCUT2D eigenvalue weighted by atomic mass is 10.2. The highest BCUT2D eigenvalue weighted by molar-refractivity contribution is 7.94. The van der Waals surface area contributed by atoms with E-state index in [1.54, 1.807) is 25.1 Å². The second-order valence-corrected chi connectivity index (χ2v) is 4.75. The van der Waals surface area contributed by atoms with Gasteiger partial charge in [-0.2, -0.15) is 0 Å². The molecule has 1 aromatic carbocycles.